The van der Waals surface area contributed by atoms with Gasteiger partial charge in [-0.05, 0) is 25.3 Å². The number of carbonyl (C=O) groups excluding carboxylic acids is 1. The van der Waals surface area contributed by atoms with Crippen molar-refractivity contribution in [3.8, 4) is 0 Å². The molecule has 162 valence electrons. The third kappa shape index (κ3) is 3.91. The van der Waals surface area contributed by atoms with Crippen molar-refractivity contribution < 1.29 is 18.0 Å². The molecule has 5 nitrogen and oxygen atoms in total. The molecule has 2 atom stereocenters. The lowest BCUT2D eigenvalue weighted by Crippen LogP contribution is -2.39. The second-order valence-corrected chi connectivity index (χ2v) is 8.46. The first-order valence-corrected chi connectivity index (χ1v) is 10.5. The average molecular weight is 420 g/mol. The molecule has 1 aromatic heterocycles. The van der Waals surface area contributed by atoms with E-state index in [0.717, 1.165) is 47.9 Å². The van der Waals surface area contributed by atoms with Crippen LogP contribution in [0.15, 0.2) is 30.5 Å². The van der Waals surface area contributed by atoms with Crippen LogP contribution < -0.4 is 5.32 Å². The van der Waals surface area contributed by atoms with Crippen LogP contribution >= 0.6 is 0 Å². The number of nitrogens with one attached hydrogen (secondary N) is 1. The summed E-state index contributed by atoms with van der Waals surface area (Å²) in [5.74, 6) is -0.122. The Labute approximate surface area is 174 Å². The van der Waals surface area contributed by atoms with Crippen molar-refractivity contribution in [2.45, 2.75) is 69.8 Å². The maximum Gasteiger partial charge on any atom is 0.410 e. The highest BCUT2D eigenvalue weighted by atomic mass is 19.4. The molecule has 0 unspecified atom stereocenters. The lowest BCUT2D eigenvalue weighted by molar-refractivity contribution is -0.173. The zero-order valence-corrected chi connectivity index (χ0v) is 17.2. The molecule has 8 heteroatoms. The maximum atomic E-state index is 13.8. The number of rotatable bonds is 3. The van der Waals surface area contributed by atoms with Crippen molar-refractivity contribution >= 4 is 11.7 Å². The Kier molecular flexibility index (Phi) is 5.51. The van der Waals surface area contributed by atoms with E-state index >= 15 is 0 Å². The van der Waals surface area contributed by atoms with E-state index in [1.54, 1.807) is 11.9 Å². The van der Waals surface area contributed by atoms with E-state index in [0.29, 0.717) is 0 Å². The summed E-state index contributed by atoms with van der Waals surface area (Å²) in [6.45, 7) is 1.93. The molecule has 1 aliphatic heterocycles. The molecule has 1 aromatic carbocycles. The first kappa shape index (κ1) is 20.8. The first-order chi connectivity index (χ1) is 14.3. The molecule has 1 saturated carbocycles. The second kappa shape index (κ2) is 7.96. The zero-order valence-electron chi connectivity index (χ0n) is 17.2. The van der Waals surface area contributed by atoms with Gasteiger partial charge in [-0.3, -0.25) is 4.79 Å². The van der Waals surface area contributed by atoms with Gasteiger partial charge in [-0.1, -0.05) is 49.1 Å². The molecular weight excluding hydrogens is 393 g/mol. The number of fused-ring (bicyclic) bond motifs is 1. The fourth-order valence-electron chi connectivity index (χ4n) is 4.56. The standard InChI is InChI=1S/C22H27F3N4O/c1-14-8-10-15(11-9-14)18-12-19(22(23,24)25)29-20(27-18)17(13-26-29)21(30)28(2)16-6-4-3-5-7-16/h8-11,13,16,18-19,27H,3-7,12H2,1-2H3/t18-,19-/m1/s1. The predicted molar refractivity (Wildman–Crippen MR) is 108 cm³/mol. The fraction of sp³-hybridized carbons (Fsp3) is 0.545. The van der Waals surface area contributed by atoms with Crippen molar-refractivity contribution in [1.82, 2.24) is 14.7 Å². The van der Waals surface area contributed by atoms with Gasteiger partial charge in [-0.2, -0.15) is 18.3 Å². The summed E-state index contributed by atoms with van der Waals surface area (Å²) in [5.41, 5.74) is 2.01. The number of hydrogen-bond donors (Lipinski definition) is 1. The third-order valence-corrected chi connectivity index (χ3v) is 6.39. The number of anilines is 1. The lowest BCUT2D eigenvalue weighted by Gasteiger charge is -2.35. The van der Waals surface area contributed by atoms with E-state index in [9.17, 15) is 18.0 Å². The van der Waals surface area contributed by atoms with E-state index in [1.807, 2.05) is 31.2 Å². The monoisotopic (exact) mass is 420 g/mol. The molecule has 4 rings (SSSR count). The van der Waals surface area contributed by atoms with Crippen LogP contribution in [0.25, 0.3) is 0 Å². The number of alkyl halides is 3. The highest BCUT2D eigenvalue weighted by molar-refractivity contribution is 5.99. The largest absolute Gasteiger partial charge is 0.410 e. The smallest absolute Gasteiger partial charge is 0.363 e. The van der Waals surface area contributed by atoms with Crippen LogP contribution in [0.1, 0.15) is 72.1 Å². The SMILES string of the molecule is Cc1ccc([C@H]2C[C@H](C(F)(F)F)n3ncc(C(=O)N(C)C4CCCCC4)c3N2)cc1. The van der Waals surface area contributed by atoms with Gasteiger partial charge in [0, 0.05) is 19.5 Å². The Morgan fingerprint density at radius 2 is 1.83 bits per heavy atom. The molecule has 0 saturated heterocycles. The summed E-state index contributed by atoms with van der Waals surface area (Å²) < 4.78 is 42.5. The van der Waals surface area contributed by atoms with Crippen molar-refractivity contribution in [2.24, 2.45) is 0 Å². The van der Waals surface area contributed by atoms with Crippen LogP contribution in [-0.2, 0) is 0 Å². The molecule has 1 aliphatic carbocycles. The second-order valence-electron chi connectivity index (χ2n) is 8.46. The zero-order chi connectivity index (χ0) is 21.5. The summed E-state index contributed by atoms with van der Waals surface area (Å²) in [6.07, 6.45) is 1.80. The van der Waals surface area contributed by atoms with Gasteiger partial charge in [0.05, 0.1) is 12.2 Å². The summed E-state index contributed by atoms with van der Waals surface area (Å²) in [5, 5.41) is 7.16. The highest BCUT2D eigenvalue weighted by Crippen LogP contribution is 2.44. The van der Waals surface area contributed by atoms with Gasteiger partial charge >= 0.3 is 6.18 Å². The Morgan fingerprint density at radius 1 is 1.17 bits per heavy atom. The maximum absolute atomic E-state index is 13.8. The van der Waals surface area contributed by atoms with Gasteiger partial charge in [0.25, 0.3) is 5.91 Å². The number of aromatic nitrogens is 2. The molecule has 0 spiro atoms. The van der Waals surface area contributed by atoms with E-state index in [4.69, 9.17) is 0 Å². The topological polar surface area (TPSA) is 50.2 Å². The summed E-state index contributed by atoms with van der Waals surface area (Å²) >= 11 is 0. The molecule has 1 fully saturated rings. The Hall–Kier alpha value is -2.51. The summed E-state index contributed by atoms with van der Waals surface area (Å²) in [4.78, 5) is 14.8. The van der Waals surface area contributed by atoms with E-state index in [2.05, 4.69) is 10.4 Å². The van der Waals surface area contributed by atoms with Crippen molar-refractivity contribution in [3.05, 3.63) is 47.2 Å². The number of nitrogens with zero attached hydrogens (tertiary/aromatic N) is 3. The first-order valence-electron chi connectivity index (χ1n) is 10.5. The minimum Gasteiger partial charge on any atom is -0.363 e. The van der Waals surface area contributed by atoms with Crippen LogP contribution in [0.5, 0.6) is 0 Å². The van der Waals surface area contributed by atoms with Gasteiger partial charge in [0.1, 0.15) is 11.4 Å². The van der Waals surface area contributed by atoms with E-state index in [-0.39, 0.29) is 29.8 Å². The van der Waals surface area contributed by atoms with Gasteiger partial charge in [-0.25, -0.2) is 4.68 Å². The molecular formula is C22H27F3N4O. The van der Waals surface area contributed by atoms with Crippen molar-refractivity contribution in [1.29, 1.82) is 0 Å². The normalized spacial score (nSPS) is 22.3. The molecule has 0 radical (unpaired) electrons. The lowest BCUT2D eigenvalue weighted by atomic mass is 9.94. The van der Waals surface area contributed by atoms with Crippen LogP contribution in [0.4, 0.5) is 19.0 Å². The quantitative estimate of drug-likeness (QED) is 0.737. The summed E-state index contributed by atoms with van der Waals surface area (Å²) in [7, 11) is 1.74. The number of halogens is 3. The predicted octanol–water partition coefficient (Wildman–Crippen LogP) is 5.26. The number of benzene rings is 1. The fourth-order valence-corrected chi connectivity index (χ4v) is 4.56. The number of carbonyl (C=O) groups is 1. The molecule has 0 bridgehead atoms. The van der Waals surface area contributed by atoms with Crippen LogP contribution in [-0.4, -0.2) is 39.9 Å². The molecule has 2 heterocycles. The molecule has 1 N–H and O–H groups in total. The Balaban J connectivity index is 1.67. The van der Waals surface area contributed by atoms with Crippen molar-refractivity contribution in [3.63, 3.8) is 0 Å². The van der Waals surface area contributed by atoms with Gasteiger partial charge in [0.15, 0.2) is 6.04 Å². The van der Waals surface area contributed by atoms with Gasteiger partial charge < -0.3 is 10.2 Å². The van der Waals surface area contributed by atoms with Crippen LogP contribution in [0.3, 0.4) is 0 Å². The third-order valence-electron chi connectivity index (χ3n) is 6.39. The number of aryl methyl sites for hydroxylation is 1. The average Bonchev–Trinajstić information content (AvgIpc) is 3.16. The van der Waals surface area contributed by atoms with Gasteiger partial charge in [0.2, 0.25) is 0 Å². The number of amides is 1. The Morgan fingerprint density at radius 3 is 2.47 bits per heavy atom. The Bertz CT molecular complexity index is 900. The number of hydrogen-bond acceptors (Lipinski definition) is 3. The molecule has 2 aromatic rings. The molecule has 1 amide bonds. The minimum absolute atomic E-state index is 0.122. The molecule has 30 heavy (non-hydrogen) atoms. The minimum atomic E-state index is -4.46. The van der Waals surface area contributed by atoms with Crippen LogP contribution in [0, 0.1) is 6.92 Å². The van der Waals surface area contributed by atoms with E-state index < -0.39 is 18.3 Å². The van der Waals surface area contributed by atoms with Crippen LogP contribution in [0.2, 0.25) is 0 Å². The highest BCUT2D eigenvalue weighted by Gasteiger charge is 2.47. The van der Waals surface area contributed by atoms with Gasteiger partial charge in [-0.15, -0.1) is 0 Å². The van der Waals surface area contributed by atoms with E-state index in [1.165, 1.54) is 6.20 Å². The summed E-state index contributed by atoms with van der Waals surface area (Å²) in [6, 6.07) is 5.24. The molecule has 2 aliphatic rings. The van der Waals surface area contributed by atoms with Crippen molar-refractivity contribution in [2.75, 3.05) is 12.4 Å².